The largest absolute Gasteiger partial charge is 0.462 e. The summed E-state index contributed by atoms with van der Waals surface area (Å²) < 4.78 is 5.74. The number of fused-ring (bicyclic) bond motifs is 2. The topological polar surface area (TPSA) is 41.6 Å². The van der Waals surface area contributed by atoms with Crippen LogP contribution >= 0.6 is 0 Å². The van der Waals surface area contributed by atoms with Gasteiger partial charge in [0.1, 0.15) is 6.10 Å². The van der Waals surface area contributed by atoms with Gasteiger partial charge < -0.3 is 10.1 Å². The van der Waals surface area contributed by atoms with Gasteiger partial charge in [-0.25, -0.2) is 0 Å². The highest BCUT2D eigenvalue weighted by Crippen LogP contribution is 2.52. The van der Waals surface area contributed by atoms with Crippen molar-refractivity contribution in [1.29, 1.82) is 0 Å². The second-order valence-electron chi connectivity index (χ2n) is 10.4. The molecule has 30 heavy (non-hydrogen) atoms. The molecule has 1 N–H and O–H groups in total. The molecule has 164 valence electrons. The Balaban J connectivity index is 1.23. The lowest BCUT2D eigenvalue weighted by molar-refractivity contribution is -0.144. The van der Waals surface area contributed by atoms with Crippen LogP contribution in [0.15, 0.2) is 30.3 Å². The van der Waals surface area contributed by atoms with E-state index in [9.17, 15) is 4.79 Å². The average Bonchev–Trinajstić information content (AvgIpc) is 3.05. The van der Waals surface area contributed by atoms with Crippen molar-refractivity contribution in [1.82, 2.24) is 10.2 Å². The zero-order chi connectivity index (χ0) is 20.5. The highest BCUT2D eigenvalue weighted by atomic mass is 16.6. The highest BCUT2D eigenvalue weighted by molar-refractivity contribution is 5.75. The first-order valence-electron chi connectivity index (χ1n) is 12.4. The van der Waals surface area contributed by atoms with Crippen molar-refractivity contribution in [2.75, 3.05) is 19.6 Å². The summed E-state index contributed by atoms with van der Waals surface area (Å²) in [5, 5.41) is 3.98. The van der Waals surface area contributed by atoms with E-state index in [1.165, 1.54) is 50.6 Å². The summed E-state index contributed by atoms with van der Waals surface area (Å²) in [7, 11) is 0. The van der Waals surface area contributed by atoms with E-state index in [4.69, 9.17) is 4.74 Å². The molecule has 2 heterocycles. The van der Waals surface area contributed by atoms with E-state index in [0.29, 0.717) is 17.9 Å². The molecular formula is C26H38N2O2. The molecule has 0 spiro atoms. The summed E-state index contributed by atoms with van der Waals surface area (Å²) in [5.74, 6) is 2.80. The number of likely N-dealkylation sites (tertiary alicyclic amines) is 1. The lowest BCUT2D eigenvalue weighted by atomic mass is 9.57. The molecule has 4 aliphatic rings. The summed E-state index contributed by atoms with van der Waals surface area (Å²) in [6, 6.07) is 11.4. The number of cyclic esters (lactones) is 1. The van der Waals surface area contributed by atoms with Crippen molar-refractivity contribution in [2.45, 2.75) is 70.6 Å². The third-order valence-electron chi connectivity index (χ3n) is 8.58. The summed E-state index contributed by atoms with van der Waals surface area (Å²) in [6.45, 7) is 6.59. The number of nitrogens with one attached hydrogen (secondary N) is 1. The van der Waals surface area contributed by atoms with Crippen molar-refractivity contribution in [3.8, 4) is 0 Å². The molecule has 4 fully saturated rings. The first-order valence-corrected chi connectivity index (χ1v) is 12.4. The van der Waals surface area contributed by atoms with Gasteiger partial charge in [0.25, 0.3) is 0 Å². The van der Waals surface area contributed by atoms with Crippen LogP contribution in [0.2, 0.25) is 0 Å². The monoisotopic (exact) mass is 410 g/mol. The second kappa shape index (κ2) is 9.00. The van der Waals surface area contributed by atoms with Crippen LogP contribution in [0.3, 0.4) is 0 Å². The third kappa shape index (κ3) is 4.18. The average molecular weight is 411 g/mol. The molecule has 2 saturated carbocycles. The fourth-order valence-electron chi connectivity index (χ4n) is 7.24. The fourth-order valence-corrected chi connectivity index (χ4v) is 7.24. The van der Waals surface area contributed by atoms with Gasteiger partial charge in [-0.05, 0) is 69.0 Å². The standard InChI is InChI=1S/C26H38N2O2/c1-18-25-23(26(29)30-18)14-20-10-5-6-12-22(20)24(25)15-27-21-11-7-13-28(17-21)16-19-8-3-2-4-9-19/h2-4,8-9,18,20-25,27H,5-7,10-17H2,1H3. The van der Waals surface area contributed by atoms with Crippen molar-refractivity contribution >= 4 is 5.97 Å². The van der Waals surface area contributed by atoms with E-state index in [-0.39, 0.29) is 18.0 Å². The minimum absolute atomic E-state index is 0.0910. The summed E-state index contributed by atoms with van der Waals surface area (Å²) in [6.07, 6.45) is 9.11. The van der Waals surface area contributed by atoms with Gasteiger partial charge in [-0.15, -0.1) is 0 Å². The predicted octanol–water partition coefficient (Wildman–Crippen LogP) is 4.24. The van der Waals surface area contributed by atoms with E-state index in [0.717, 1.165) is 37.9 Å². The number of carbonyl (C=O) groups excluding carboxylic acids is 1. The van der Waals surface area contributed by atoms with Gasteiger partial charge in [0.05, 0.1) is 5.92 Å². The van der Waals surface area contributed by atoms with Gasteiger partial charge in [0.2, 0.25) is 0 Å². The molecule has 0 aromatic heterocycles. The van der Waals surface area contributed by atoms with E-state index in [2.05, 4.69) is 47.5 Å². The zero-order valence-corrected chi connectivity index (χ0v) is 18.5. The quantitative estimate of drug-likeness (QED) is 0.737. The van der Waals surface area contributed by atoms with E-state index in [1.54, 1.807) is 0 Å². The van der Waals surface area contributed by atoms with Gasteiger partial charge in [0.15, 0.2) is 0 Å². The molecule has 2 saturated heterocycles. The molecule has 0 amide bonds. The first-order chi connectivity index (χ1) is 14.7. The van der Waals surface area contributed by atoms with E-state index in [1.807, 2.05) is 0 Å². The molecule has 4 heteroatoms. The fraction of sp³-hybridized carbons (Fsp3) is 0.731. The highest BCUT2D eigenvalue weighted by Gasteiger charge is 2.54. The number of benzene rings is 1. The number of hydrogen-bond donors (Lipinski definition) is 1. The van der Waals surface area contributed by atoms with Gasteiger partial charge in [-0.3, -0.25) is 9.69 Å². The van der Waals surface area contributed by atoms with Crippen molar-refractivity contribution in [2.24, 2.45) is 29.6 Å². The van der Waals surface area contributed by atoms with Crippen LogP contribution in [0.25, 0.3) is 0 Å². The third-order valence-corrected chi connectivity index (χ3v) is 8.58. The van der Waals surface area contributed by atoms with Crippen LogP contribution < -0.4 is 5.32 Å². The molecule has 0 bridgehead atoms. The minimum Gasteiger partial charge on any atom is -0.462 e. The number of esters is 1. The lowest BCUT2D eigenvalue weighted by Gasteiger charge is -2.47. The first kappa shape index (κ1) is 20.5. The molecule has 5 rings (SSSR count). The zero-order valence-electron chi connectivity index (χ0n) is 18.5. The molecule has 4 nitrogen and oxygen atoms in total. The summed E-state index contributed by atoms with van der Waals surface area (Å²) in [5.41, 5.74) is 1.41. The molecule has 1 aromatic carbocycles. The maximum absolute atomic E-state index is 12.5. The number of ether oxygens (including phenoxy) is 1. The predicted molar refractivity (Wildman–Crippen MR) is 119 cm³/mol. The van der Waals surface area contributed by atoms with Gasteiger partial charge >= 0.3 is 5.97 Å². The Kier molecular flexibility index (Phi) is 6.15. The Morgan fingerprint density at radius 2 is 1.93 bits per heavy atom. The van der Waals surface area contributed by atoms with Gasteiger partial charge in [-0.2, -0.15) is 0 Å². The van der Waals surface area contributed by atoms with Crippen molar-refractivity contribution in [3.05, 3.63) is 35.9 Å². The van der Waals surface area contributed by atoms with Crippen LogP contribution in [-0.2, 0) is 16.1 Å². The second-order valence-corrected chi connectivity index (χ2v) is 10.4. The number of hydrogen-bond acceptors (Lipinski definition) is 4. The molecular weight excluding hydrogens is 372 g/mol. The Hall–Kier alpha value is -1.39. The van der Waals surface area contributed by atoms with Crippen LogP contribution in [-0.4, -0.2) is 42.6 Å². The van der Waals surface area contributed by atoms with E-state index >= 15 is 0 Å². The number of carbonyl (C=O) groups is 1. The van der Waals surface area contributed by atoms with Crippen LogP contribution in [0.1, 0.15) is 57.4 Å². The Bertz CT molecular complexity index is 723. The molecule has 2 aliphatic heterocycles. The van der Waals surface area contributed by atoms with Crippen molar-refractivity contribution in [3.63, 3.8) is 0 Å². The number of nitrogens with zero attached hydrogens (tertiary/aromatic N) is 1. The van der Waals surface area contributed by atoms with Crippen LogP contribution in [0.4, 0.5) is 0 Å². The smallest absolute Gasteiger partial charge is 0.309 e. The van der Waals surface area contributed by atoms with Gasteiger partial charge in [-0.1, -0.05) is 49.6 Å². The van der Waals surface area contributed by atoms with Crippen LogP contribution in [0, 0.1) is 29.6 Å². The summed E-state index contributed by atoms with van der Waals surface area (Å²) >= 11 is 0. The Labute approximate surface area is 181 Å². The minimum atomic E-state index is 0.0910. The number of piperidine rings is 1. The maximum atomic E-state index is 12.5. The normalized spacial score (nSPS) is 39.2. The molecule has 7 atom stereocenters. The molecule has 7 unspecified atom stereocenters. The maximum Gasteiger partial charge on any atom is 0.309 e. The van der Waals surface area contributed by atoms with Crippen molar-refractivity contribution < 1.29 is 9.53 Å². The van der Waals surface area contributed by atoms with Crippen LogP contribution in [0.5, 0.6) is 0 Å². The molecule has 1 aromatic rings. The Morgan fingerprint density at radius 3 is 2.80 bits per heavy atom. The summed E-state index contributed by atoms with van der Waals surface area (Å²) in [4.78, 5) is 15.1. The molecule has 0 radical (unpaired) electrons. The number of rotatable bonds is 5. The van der Waals surface area contributed by atoms with Gasteiger partial charge in [0, 0.05) is 25.0 Å². The lowest BCUT2D eigenvalue weighted by Crippen LogP contribution is -2.51. The van der Waals surface area contributed by atoms with E-state index < -0.39 is 0 Å². The molecule has 2 aliphatic carbocycles. The Morgan fingerprint density at radius 1 is 1.10 bits per heavy atom. The SMILES string of the molecule is CC1OC(=O)C2CC3CCCCC3C(CNC3CCCN(Cc4ccccc4)C3)C12.